The van der Waals surface area contributed by atoms with Gasteiger partial charge < -0.3 is 19.2 Å². The number of hydrogen-bond donors (Lipinski definition) is 1. The molecule has 108 valence electrons. The number of hydrogen-bond acceptors (Lipinski definition) is 4. The topological polar surface area (TPSA) is 60.5 Å². The fraction of sp³-hybridized carbons (Fsp3) is 0.400. The van der Waals surface area contributed by atoms with Crippen molar-refractivity contribution in [3.8, 4) is 17.2 Å². The Labute approximate surface area is 117 Å². The summed E-state index contributed by atoms with van der Waals surface area (Å²) in [5.41, 5.74) is 0.362. The van der Waals surface area contributed by atoms with Crippen LogP contribution in [0.5, 0.6) is 17.2 Å². The molecule has 0 fully saturated rings. The number of fused-ring (bicyclic) bond motifs is 1. The van der Waals surface area contributed by atoms with Crippen molar-refractivity contribution in [3.05, 3.63) is 28.6 Å². The number of methoxy groups -OCH3 is 2. The fourth-order valence-corrected chi connectivity index (χ4v) is 2.00. The number of unbranched alkanes of at least 4 members (excludes halogenated alkanes) is 1. The van der Waals surface area contributed by atoms with Gasteiger partial charge in [0.15, 0.2) is 5.75 Å². The summed E-state index contributed by atoms with van der Waals surface area (Å²) in [5, 5.41) is 0.804. The average Bonchev–Trinajstić information content (AvgIpc) is 2.46. The molecule has 0 radical (unpaired) electrons. The minimum Gasteiger partial charge on any atom is -0.497 e. The lowest BCUT2D eigenvalue weighted by molar-refractivity contribution is 0.290. The summed E-state index contributed by atoms with van der Waals surface area (Å²) in [5.74, 6) is 1.37. The van der Waals surface area contributed by atoms with Crippen LogP contribution < -0.4 is 19.8 Å². The number of ether oxygens (including phenoxy) is 3. The molecule has 0 aliphatic carbocycles. The molecule has 0 aliphatic heterocycles. The van der Waals surface area contributed by atoms with Crippen LogP contribution in [0.15, 0.2) is 23.0 Å². The molecule has 0 aliphatic rings. The molecule has 0 bridgehead atoms. The number of aromatic amines is 1. The number of H-pyrrole nitrogens is 1. The quantitative estimate of drug-likeness (QED) is 0.825. The molecule has 0 spiro atoms. The van der Waals surface area contributed by atoms with E-state index in [1.54, 1.807) is 13.2 Å². The molecule has 0 amide bonds. The number of benzene rings is 1. The Balaban J connectivity index is 2.56. The van der Waals surface area contributed by atoms with Gasteiger partial charge in [0.25, 0.3) is 5.56 Å². The first kappa shape index (κ1) is 14.2. The van der Waals surface area contributed by atoms with Crippen LogP contribution in [0.3, 0.4) is 0 Å². The van der Waals surface area contributed by atoms with Crippen LogP contribution in [-0.2, 0) is 0 Å². The van der Waals surface area contributed by atoms with Gasteiger partial charge in [-0.2, -0.15) is 0 Å². The van der Waals surface area contributed by atoms with Crippen molar-refractivity contribution in [2.75, 3.05) is 20.8 Å². The van der Waals surface area contributed by atoms with E-state index >= 15 is 0 Å². The average molecular weight is 277 g/mol. The number of nitrogens with one attached hydrogen (secondary N) is 1. The Kier molecular flexibility index (Phi) is 4.50. The number of aromatic nitrogens is 1. The largest absolute Gasteiger partial charge is 0.497 e. The first-order valence-electron chi connectivity index (χ1n) is 6.62. The summed E-state index contributed by atoms with van der Waals surface area (Å²) in [7, 11) is 3.05. The zero-order chi connectivity index (χ0) is 14.5. The van der Waals surface area contributed by atoms with E-state index in [1.807, 2.05) is 12.1 Å². The molecule has 1 heterocycles. The second kappa shape index (κ2) is 6.32. The zero-order valence-electron chi connectivity index (χ0n) is 12.0. The van der Waals surface area contributed by atoms with Gasteiger partial charge in [0.2, 0.25) is 5.75 Å². The minimum atomic E-state index is -0.306. The Morgan fingerprint density at radius 1 is 1.15 bits per heavy atom. The first-order chi connectivity index (χ1) is 9.71. The highest BCUT2D eigenvalue weighted by Crippen LogP contribution is 2.33. The molecule has 1 N–H and O–H groups in total. The van der Waals surface area contributed by atoms with Crippen molar-refractivity contribution in [2.24, 2.45) is 0 Å². The van der Waals surface area contributed by atoms with Crippen molar-refractivity contribution in [3.63, 3.8) is 0 Å². The van der Waals surface area contributed by atoms with Gasteiger partial charge in [0, 0.05) is 11.5 Å². The smallest absolute Gasteiger partial charge is 0.294 e. The molecular formula is C15H19NO4. The summed E-state index contributed by atoms with van der Waals surface area (Å²) < 4.78 is 16.1. The molecule has 5 heteroatoms. The molecule has 1 aromatic heterocycles. The maximum absolute atomic E-state index is 12.0. The molecule has 1 aromatic carbocycles. The molecule has 5 nitrogen and oxygen atoms in total. The van der Waals surface area contributed by atoms with Crippen LogP contribution >= 0.6 is 0 Å². The Bertz CT molecular complexity index is 648. The SMILES string of the molecule is CCCCOc1c(OC)c(=O)[nH]c2cc(OC)ccc12. The zero-order valence-corrected chi connectivity index (χ0v) is 12.0. The fourth-order valence-electron chi connectivity index (χ4n) is 2.00. The molecule has 0 saturated heterocycles. The monoisotopic (exact) mass is 277 g/mol. The maximum atomic E-state index is 12.0. The Morgan fingerprint density at radius 2 is 1.95 bits per heavy atom. The van der Waals surface area contributed by atoms with E-state index in [0.717, 1.165) is 18.2 Å². The van der Waals surface area contributed by atoms with Gasteiger partial charge in [-0.15, -0.1) is 0 Å². The molecular weight excluding hydrogens is 258 g/mol. The van der Waals surface area contributed by atoms with Gasteiger partial charge in [0.05, 0.1) is 26.3 Å². The van der Waals surface area contributed by atoms with Gasteiger partial charge in [-0.05, 0) is 18.6 Å². The molecule has 2 rings (SSSR count). The van der Waals surface area contributed by atoms with Crippen LogP contribution in [0.2, 0.25) is 0 Å². The van der Waals surface area contributed by atoms with Gasteiger partial charge in [-0.1, -0.05) is 13.3 Å². The van der Waals surface area contributed by atoms with Gasteiger partial charge >= 0.3 is 0 Å². The van der Waals surface area contributed by atoms with E-state index in [9.17, 15) is 4.79 Å². The highest BCUT2D eigenvalue weighted by Gasteiger charge is 2.15. The lowest BCUT2D eigenvalue weighted by atomic mass is 10.2. The lowest BCUT2D eigenvalue weighted by Gasteiger charge is -2.13. The third kappa shape index (κ3) is 2.71. The van der Waals surface area contributed by atoms with Crippen molar-refractivity contribution < 1.29 is 14.2 Å². The van der Waals surface area contributed by atoms with E-state index in [2.05, 4.69) is 11.9 Å². The Hall–Kier alpha value is -2.17. The van der Waals surface area contributed by atoms with Crippen LogP contribution in [0.25, 0.3) is 10.9 Å². The molecule has 2 aromatic rings. The minimum absolute atomic E-state index is 0.207. The number of rotatable bonds is 6. The predicted octanol–water partition coefficient (Wildman–Crippen LogP) is 2.72. The number of pyridine rings is 1. The molecule has 0 unspecified atom stereocenters. The van der Waals surface area contributed by atoms with Gasteiger partial charge in [-0.3, -0.25) is 4.79 Å². The third-order valence-electron chi connectivity index (χ3n) is 3.08. The van der Waals surface area contributed by atoms with Crippen molar-refractivity contribution >= 4 is 10.9 Å². The van der Waals surface area contributed by atoms with Crippen LogP contribution in [0, 0.1) is 0 Å². The van der Waals surface area contributed by atoms with Crippen LogP contribution in [0.1, 0.15) is 19.8 Å². The maximum Gasteiger partial charge on any atom is 0.294 e. The summed E-state index contributed by atoms with van der Waals surface area (Å²) in [6, 6.07) is 5.45. The van der Waals surface area contributed by atoms with E-state index in [4.69, 9.17) is 14.2 Å². The summed E-state index contributed by atoms with van der Waals surface area (Å²) >= 11 is 0. The second-order valence-electron chi connectivity index (χ2n) is 4.43. The summed E-state index contributed by atoms with van der Waals surface area (Å²) in [6.45, 7) is 2.64. The normalized spacial score (nSPS) is 10.6. The summed E-state index contributed by atoms with van der Waals surface area (Å²) in [4.78, 5) is 14.8. The molecule has 0 saturated carbocycles. The van der Waals surface area contributed by atoms with Crippen LogP contribution in [-0.4, -0.2) is 25.8 Å². The molecule has 20 heavy (non-hydrogen) atoms. The second-order valence-corrected chi connectivity index (χ2v) is 4.43. The highest BCUT2D eigenvalue weighted by atomic mass is 16.5. The van der Waals surface area contributed by atoms with Crippen molar-refractivity contribution in [1.82, 2.24) is 4.98 Å². The van der Waals surface area contributed by atoms with E-state index in [-0.39, 0.29) is 11.3 Å². The lowest BCUT2D eigenvalue weighted by Crippen LogP contribution is -2.12. The predicted molar refractivity (Wildman–Crippen MR) is 78.1 cm³/mol. The summed E-state index contributed by atoms with van der Waals surface area (Å²) in [6.07, 6.45) is 1.95. The third-order valence-corrected chi connectivity index (χ3v) is 3.08. The van der Waals surface area contributed by atoms with E-state index < -0.39 is 0 Å². The van der Waals surface area contributed by atoms with Gasteiger partial charge in [0.1, 0.15) is 5.75 Å². The van der Waals surface area contributed by atoms with E-state index in [0.29, 0.717) is 23.6 Å². The van der Waals surface area contributed by atoms with Crippen LogP contribution in [0.4, 0.5) is 0 Å². The van der Waals surface area contributed by atoms with Crippen molar-refractivity contribution in [1.29, 1.82) is 0 Å². The van der Waals surface area contributed by atoms with Crippen molar-refractivity contribution in [2.45, 2.75) is 19.8 Å². The highest BCUT2D eigenvalue weighted by molar-refractivity contribution is 5.88. The Morgan fingerprint density at radius 3 is 2.60 bits per heavy atom. The molecule has 0 atom stereocenters. The van der Waals surface area contributed by atoms with Gasteiger partial charge in [-0.25, -0.2) is 0 Å². The van der Waals surface area contributed by atoms with E-state index in [1.165, 1.54) is 7.11 Å². The standard InChI is InChI=1S/C15H19NO4/c1-4-5-8-20-13-11-7-6-10(18-2)9-12(11)16-15(17)14(13)19-3/h6-7,9H,4-5,8H2,1-3H3,(H,16,17). The first-order valence-corrected chi connectivity index (χ1v) is 6.62.